The second kappa shape index (κ2) is 3.56. The first kappa shape index (κ1) is 8.24. The molecule has 1 aliphatic carbocycles. The summed E-state index contributed by atoms with van der Waals surface area (Å²) in [6, 6.07) is 9.91. The third-order valence-corrected chi connectivity index (χ3v) is 2.22. The van der Waals surface area contributed by atoms with Crippen LogP contribution < -0.4 is 0 Å². The van der Waals surface area contributed by atoms with Crippen LogP contribution in [0, 0.1) is 5.92 Å². The van der Waals surface area contributed by atoms with Crippen LogP contribution in [0.3, 0.4) is 0 Å². The number of ketones is 1. The van der Waals surface area contributed by atoms with Gasteiger partial charge in [0, 0.05) is 5.92 Å². The molecule has 0 saturated heterocycles. The molecule has 0 unspecified atom stereocenters. The lowest BCUT2D eigenvalue weighted by molar-refractivity contribution is -0.115. The second-order valence-electron chi connectivity index (χ2n) is 3.42. The van der Waals surface area contributed by atoms with Crippen LogP contribution in [0.1, 0.15) is 18.4 Å². The Morgan fingerprint density at radius 1 is 1.23 bits per heavy atom. The molecule has 1 heteroatoms. The SMILES string of the molecule is O=C(/C=C/c1ccccc1)C1CC1. The number of hydrogen-bond donors (Lipinski definition) is 0. The van der Waals surface area contributed by atoms with Crippen molar-refractivity contribution in [1.29, 1.82) is 0 Å². The summed E-state index contributed by atoms with van der Waals surface area (Å²) in [7, 11) is 0. The molecule has 0 amide bonds. The lowest BCUT2D eigenvalue weighted by Gasteiger charge is -1.90. The average Bonchev–Trinajstić information content (AvgIpc) is 2.99. The van der Waals surface area contributed by atoms with Crippen LogP contribution in [-0.4, -0.2) is 5.78 Å². The molecule has 0 N–H and O–H groups in total. The number of rotatable bonds is 3. The zero-order valence-electron chi connectivity index (χ0n) is 7.44. The summed E-state index contributed by atoms with van der Waals surface area (Å²) in [6.07, 6.45) is 5.75. The van der Waals surface area contributed by atoms with Gasteiger partial charge < -0.3 is 0 Å². The molecule has 0 spiro atoms. The summed E-state index contributed by atoms with van der Waals surface area (Å²) in [4.78, 5) is 11.3. The maximum absolute atomic E-state index is 11.3. The minimum atomic E-state index is 0.281. The summed E-state index contributed by atoms with van der Waals surface area (Å²) in [5.74, 6) is 0.615. The minimum absolute atomic E-state index is 0.281. The van der Waals surface area contributed by atoms with E-state index in [1.54, 1.807) is 6.08 Å². The van der Waals surface area contributed by atoms with Crippen molar-refractivity contribution in [3.8, 4) is 0 Å². The fraction of sp³-hybridized carbons (Fsp3) is 0.250. The monoisotopic (exact) mass is 172 g/mol. The molecule has 2 rings (SSSR count). The number of allylic oxidation sites excluding steroid dienone is 1. The van der Waals surface area contributed by atoms with Crippen LogP contribution in [0.4, 0.5) is 0 Å². The van der Waals surface area contributed by atoms with Crippen molar-refractivity contribution in [2.45, 2.75) is 12.8 Å². The van der Waals surface area contributed by atoms with Gasteiger partial charge in [-0.15, -0.1) is 0 Å². The molecule has 1 aliphatic rings. The van der Waals surface area contributed by atoms with E-state index in [0.29, 0.717) is 5.92 Å². The highest BCUT2D eigenvalue weighted by Crippen LogP contribution is 2.30. The van der Waals surface area contributed by atoms with Crippen molar-refractivity contribution in [3.63, 3.8) is 0 Å². The number of benzene rings is 1. The summed E-state index contributed by atoms with van der Waals surface area (Å²) in [5.41, 5.74) is 1.09. The molecule has 1 nitrogen and oxygen atoms in total. The van der Waals surface area contributed by atoms with Gasteiger partial charge in [-0.25, -0.2) is 0 Å². The summed E-state index contributed by atoms with van der Waals surface area (Å²) >= 11 is 0. The molecule has 1 aromatic rings. The van der Waals surface area contributed by atoms with Crippen molar-refractivity contribution >= 4 is 11.9 Å². The van der Waals surface area contributed by atoms with Gasteiger partial charge in [-0.1, -0.05) is 36.4 Å². The van der Waals surface area contributed by atoms with Crippen LogP contribution in [0.2, 0.25) is 0 Å². The minimum Gasteiger partial charge on any atom is -0.295 e. The first-order valence-electron chi connectivity index (χ1n) is 4.63. The zero-order chi connectivity index (χ0) is 9.10. The molecule has 1 aromatic carbocycles. The van der Waals surface area contributed by atoms with E-state index in [9.17, 15) is 4.79 Å². The molecule has 1 saturated carbocycles. The quantitative estimate of drug-likeness (QED) is 0.640. The number of carbonyl (C=O) groups is 1. The molecule has 0 radical (unpaired) electrons. The number of carbonyl (C=O) groups excluding carboxylic acids is 1. The Kier molecular flexibility index (Phi) is 2.26. The predicted octanol–water partition coefficient (Wildman–Crippen LogP) is 2.68. The maximum atomic E-state index is 11.3. The van der Waals surface area contributed by atoms with Gasteiger partial charge in [-0.2, -0.15) is 0 Å². The largest absolute Gasteiger partial charge is 0.295 e. The van der Waals surface area contributed by atoms with Crippen molar-refractivity contribution in [1.82, 2.24) is 0 Å². The van der Waals surface area contributed by atoms with Gasteiger partial charge >= 0.3 is 0 Å². The Labute approximate surface area is 78.1 Å². The Hall–Kier alpha value is -1.37. The molecular weight excluding hydrogens is 160 g/mol. The first-order chi connectivity index (χ1) is 6.36. The molecule has 13 heavy (non-hydrogen) atoms. The van der Waals surface area contributed by atoms with Crippen molar-refractivity contribution in [2.24, 2.45) is 5.92 Å². The maximum Gasteiger partial charge on any atom is 0.158 e. The van der Waals surface area contributed by atoms with E-state index in [4.69, 9.17) is 0 Å². The average molecular weight is 172 g/mol. The van der Waals surface area contributed by atoms with E-state index < -0.39 is 0 Å². The fourth-order valence-corrected chi connectivity index (χ4v) is 1.25. The van der Waals surface area contributed by atoms with Crippen molar-refractivity contribution in [2.75, 3.05) is 0 Å². The van der Waals surface area contributed by atoms with Gasteiger partial charge in [0.25, 0.3) is 0 Å². The van der Waals surface area contributed by atoms with Crippen LogP contribution in [-0.2, 0) is 4.79 Å². The van der Waals surface area contributed by atoms with E-state index in [1.807, 2.05) is 36.4 Å². The molecule has 1 fully saturated rings. The second-order valence-corrected chi connectivity index (χ2v) is 3.42. The van der Waals surface area contributed by atoms with Gasteiger partial charge in [0.15, 0.2) is 5.78 Å². The number of hydrogen-bond acceptors (Lipinski definition) is 1. The molecule has 0 aliphatic heterocycles. The van der Waals surface area contributed by atoms with E-state index in [1.165, 1.54) is 0 Å². The Morgan fingerprint density at radius 3 is 2.54 bits per heavy atom. The van der Waals surface area contributed by atoms with E-state index in [-0.39, 0.29) is 5.78 Å². The smallest absolute Gasteiger partial charge is 0.158 e. The summed E-state index contributed by atoms with van der Waals surface area (Å²) in [5, 5.41) is 0. The van der Waals surface area contributed by atoms with Crippen molar-refractivity contribution < 1.29 is 4.79 Å². The predicted molar refractivity (Wildman–Crippen MR) is 53.2 cm³/mol. The third-order valence-electron chi connectivity index (χ3n) is 2.22. The van der Waals surface area contributed by atoms with Crippen LogP contribution in [0.15, 0.2) is 36.4 Å². The van der Waals surface area contributed by atoms with Gasteiger partial charge in [0.1, 0.15) is 0 Å². The van der Waals surface area contributed by atoms with Gasteiger partial charge in [0.05, 0.1) is 0 Å². The normalized spacial score (nSPS) is 16.3. The fourth-order valence-electron chi connectivity index (χ4n) is 1.25. The van der Waals surface area contributed by atoms with Crippen molar-refractivity contribution in [3.05, 3.63) is 42.0 Å². The van der Waals surface area contributed by atoms with E-state index in [0.717, 1.165) is 18.4 Å². The molecule has 0 atom stereocenters. The molecule has 0 aromatic heterocycles. The Balaban J connectivity index is 2.00. The Bertz CT molecular complexity index is 320. The highest BCUT2D eigenvalue weighted by molar-refractivity contribution is 5.96. The van der Waals surface area contributed by atoms with Crippen LogP contribution >= 0.6 is 0 Å². The molecular formula is C12H12O. The lowest BCUT2D eigenvalue weighted by Crippen LogP contribution is -1.93. The summed E-state index contributed by atoms with van der Waals surface area (Å²) in [6.45, 7) is 0. The van der Waals surface area contributed by atoms with Gasteiger partial charge in [-0.05, 0) is 24.5 Å². The third kappa shape index (κ3) is 2.28. The van der Waals surface area contributed by atoms with Crippen LogP contribution in [0.5, 0.6) is 0 Å². The Morgan fingerprint density at radius 2 is 1.92 bits per heavy atom. The van der Waals surface area contributed by atoms with Gasteiger partial charge in [0.2, 0.25) is 0 Å². The zero-order valence-corrected chi connectivity index (χ0v) is 7.44. The topological polar surface area (TPSA) is 17.1 Å². The van der Waals surface area contributed by atoms with E-state index >= 15 is 0 Å². The molecule has 66 valence electrons. The molecule has 0 heterocycles. The standard InChI is InChI=1S/C12H12O/c13-12(11-7-8-11)9-6-10-4-2-1-3-5-10/h1-6,9,11H,7-8H2/b9-6+. The van der Waals surface area contributed by atoms with Crippen LogP contribution in [0.25, 0.3) is 6.08 Å². The van der Waals surface area contributed by atoms with E-state index in [2.05, 4.69) is 0 Å². The highest BCUT2D eigenvalue weighted by atomic mass is 16.1. The lowest BCUT2D eigenvalue weighted by atomic mass is 10.1. The summed E-state index contributed by atoms with van der Waals surface area (Å²) < 4.78 is 0. The first-order valence-corrected chi connectivity index (χ1v) is 4.63. The highest BCUT2D eigenvalue weighted by Gasteiger charge is 2.27. The van der Waals surface area contributed by atoms with Gasteiger partial charge in [-0.3, -0.25) is 4.79 Å². The molecule has 0 bridgehead atoms.